The summed E-state index contributed by atoms with van der Waals surface area (Å²) in [5.74, 6) is 1.31. The molecule has 0 saturated heterocycles. The number of amides is 1. The smallest absolute Gasteiger partial charge is 0.262 e. The first-order valence-corrected chi connectivity index (χ1v) is 15.7. The number of rotatable bonds is 20. The number of nitrogens with zero attached hydrogens (tertiary/aromatic N) is 1. The van der Waals surface area contributed by atoms with Gasteiger partial charge in [-0.15, -0.1) is 0 Å². The number of benzene rings is 2. The average Bonchev–Trinajstić information content (AvgIpc) is 3.36. The molecule has 0 aliphatic carbocycles. The number of nitrogens with one attached hydrogen (secondary N) is 1. The first-order chi connectivity index (χ1) is 19.1. The first-order valence-electron chi connectivity index (χ1n) is 14.8. The number of aryl methyl sites for hydroxylation is 1. The second kappa shape index (κ2) is 20.5. The molecule has 3 rings (SSSR count). The molecular weight excluding hydrogens is 584 g/mol. The highest BCUT2D eigenvalue weighted by Crippen LogP contribution is 2.19. The van der Waals surface area contributed by atoms with Gasteiger partial charge in [-0.05, 0) is 49.7 Å². The second-order valence-electron chi connectivity index (χ2n) is 10.4. The Morgan fingerprint density at radius 1 is 0.775 bits per heavy atom. The fourth-order valence-electron chi connectivity index (χ4n) is 4.54. The largest absolute Gasteiger partial charge is 1.00 e. The van der Waals surface area contributed by atoms with Crippen LogP contribution in [0.1, 0.15) is 94.4 Å². The van der Waals surface area contributed by atoms with Crippen molar-refractivity contribution < 1.29 is 35.8 Å². The van der Waals surface area contributed by atoms with E-state index in [4.69, 9.17) is 9.47 Å². The highest BCUT2D eigenvalue weighted by atomic mass is 79.9. The van der Waals surface area contributed by atoms with E-state index in [1.54, 1.807) is 11.3 Å². The van der Waals surface area contributed by atoms with Gasteiger partial charge in [0, 0.05) is 11.3 Å². The maximum Gasteiger partial charge on any atom is 0.262 e. The van der Waals surface area contributed by atoms with E-state index in [9.17, 15) is 4.79 Å². The molecule has 0 bridgehead atoms. The molecule has 5 nitrogen and oxygen atoms in total. The molecule has 2 aromatic carbocycles. The van der Waals surface area contributed by atoms with Crippen LogP contribution in [0.3, 0.4) is 0 Å². The van der Waals surface area contributed by atoms with Crippen molar-refractivity contribution >= 4 is 22.9 Å². The lowest BCUT2D eigenvalue weighted by Crippen LogP contribution is -3.00. The van der Waals surface area contributed by atoms with Crippen LogP contribution in [0.5, 0.6) is 11.5 Å². The zero-order valence-corrected chi connectivity index (χ0v) is 26.7. The number of ether oxygens (including phenoxy) is 2. The summed E-state index contributed by atoms with van der Waals surface area (Å²) in [5.41, 5.74) is 4.06. The van der Waals surface area contributed by atoms with Gasteiger partial charge in [0.2, 0.25) is 5.51 Å². The van der Waals surface area contributed by atoms with E-state index in [1.807, 2.05) is 48.5 Å². The molecule has 40 heavy (non-hydrogen) atoms. The van der Waals surface area contributed by atoms with Crippen LogP contribution in [0, 0.1) is 6.92 Å². The fraction of sp³-hybridized carbons (Fsp3) is 0.515. The van der Waals surface area contributed by atoms with Gasteiger partial charge in [0.25, 0.3) is 5.91 Å². The normalized spacial score (nSPS) is 10.7. The minimum Gasteiger partial charge on any atom is -1.00 e. The van der Waals surface area contributed by atoms with Crippen molar-refractivity contribution in [3.8, 4) is 11.5 Å². The summed E-state index contributed by atoms with van der Waals surface area (Å²) >= 11 is 1.73. The third-order valence-electron chi connectivity index (χ3n) is 6.78. The summed E-state index contributed by atoms with van der Waals surface area (Å²) in [7, 11) is 0. The summed E-state index contributed by atoms with van der Waals surface area (Å²) in [6.07, 6.45) is 18.2. The van der Waals surface area contributed by atoms with Gasteiger partial charge < -0.3 is 31.8 Å². The number of carbonyl (C=O) groups is 1. The van der Waals surface area contributed by atoms with Crippen LogP contribution in [0.2, 0.25) is 0 Å². The van der Waals surface area contributed by atoms with Gasteiger partial charge in [-0.3, -0.25) is 4.79 Å². The number of carbonyl (C=O) groups excluding carboxylic acids is 1. The number of aromatic nitrogens is 1. The van der Waals surface area contributed by atoms with E-state index in [2.05, 4.69) is 35.4 Å². The molecule has 0 radical (unpaired) electrons. The van der Waals surface area contributed by atoms with E-state index in [0.717, 1.165) is 31.0 Å². The van der Waals surface area contributed by atoms with E-state index in [0.29, 0.717) is 5.75 Å². The van der Waals surface area contributed by atoms with Gasteiger partial charge in [0.05, 0.1) is 11.5 Å². The molecular formula is C33H47BrN2O3S. The van der Waals surface area contributed by atoms with Gasteiger partial charge in [0.15, 0.2) is 19.3 Å². The predicted octanol–water partition coefficient (Wildman–Crippen LogP) is 5.49. The van der Waals surface area contributed by atoms with Crippen molar-refractivity contribution in [2.24, 2.45) is 0 Å². The molecule has 1 N–H and O–H groups in total. The van der Waals surface area contributed by atoms with Crippen molar-refractivity contribution in [3.63, 3.8) is 0 Å². The van der Waals surface area contributed by atoms with Crippen molar-refractivity contribution in [1.29, 1.82) is 0 Å². The van der Waals surface area contributed by atoms with Crippen LogP contribution >= 0.6 is 11.3 Å². The van der Waals surface area contributed by atoms with Gasteiger partial charge in [-0.25, -0.2) is 0 Å². The molecule has 7 heteroatoms. The van der Waals surface area contributed by atoms with Crippen molar-refractivity contribution in [1.82, 2.24) is 0 Å². The zero-order chi connectivity index (χ0) is 27.5. The highest BCUT2D eigenvalue weighted by Gasteiger charge is 2.07. The number of hydrogen-bond donors (Lipinski definition) is 1. The van der Waals surface area contributed by atoms with Crippen LogP contribution in [-0.4, -0.2) is 19.1 Å². The minimum absolute atomic E-state index is 0. The topological polar surface area (TPSA) is 51.4 Å². The molecule has 0 atom stereocenters. The Kier molecular flexibility index (Phi) is 17.3. The SMILES string of the molecule is CCCCCCCCCCCCCCOc1ccc(OCC(=O)Nc2ccc(C[n+]3csc(C)c3)cc2)cc1.[Br-]. The van der Waals surface area contributed by atoms with Crippen LogP contribution < -0.4 is 36.3 Å². The monoisotopic (exact) mass is 630 g/mol. The van der Waals surface area contributed by atoms with Crippen molar-refractivity contribution in [2.45, 2.75) is 97.4 Å². The molecule has 3 aromatic rings. The van der Waals surface area contributed by atoms with E-state index in [-0.39, 0.29) is 29.5 Å². The van der Waals surface area contributed by atoms with Gasteiger partial charge in [-0.2, -0.15) is 4.57 Å². The number of halogens is 1. The first kappa shape index (κ1) is 33.8. The Hall–Kier alpha value is -2.38. The van der Waals surface area contributed by atoms with Crippen LogP contribution in [0.4, 0.5) is 5.69 Å². The molecule has 0 unspecified atom stereocenters. The molecule has 1 aromatic heterocycles. The van der Waals surface area contributed by atoms with Crippen LogP contribution in [0.15, 0.2) is 60.2 Å². The van der Waals surface area contributed by atoms with Gasteiger partial charge in [0.1, 0.15) is 11.5 Å². The summed E-state index contributed by atoms with van der Waals surface area (Å²) in [6, 6.07) is 15.4. The Bertz CT molecular complexity index is 1070. The molecule has 220 valence electrons. The highest BCUT2D eigenvalue weighted by molar-refractivity contribution is 7.09. The number of anilines is 1. The quantitative estimate of drug-likeness (QED) is 0.133. The zero-order valence-electron chi connectivity index (χ0n) is 24.3. The van der Waals surface area contributed by atoms with E-state index >= 15 is 0 Å². The fourth-order valence-corrected chi connectivity index (χ4v) is 5.18. The van der Waals surface area contributed by atoms with E-state index < -0.39 is 0 Å². The van der Waals surface area contributed by atoms with E-state index in [1.165, 1.54) is 81.1 Å². The third-order valence-corrected chi connectivity index (χ3v) is 7.64. The van der Waals surface area contributed by atoms with Gasteiger partial charge >= 0.3 is 0 Å². The summed E-state index contributed by atoms with van der Waals surface area (Å²) < 4.78 is 13.7. The van der Waals surface area contributed by atoms with Crippen molar-refractivity contribution in [3.05, 3.63) is 70.7 Å². The third kappa shape index (κ3) is 14.3. The lowest BCUT2D eigenvalue weighted by Gasteiger charge is -2.09. The summed E-state index contributed by atoms with van der Waals surface area (Å²) in [4.78, 5) is 13.6. The van der Waals surface area contributed by atoms with Crippen molar-refractivity contribution in [2.75, 3.05) is 18.5 Å². The molecule has 1 amide bonds. The number of thiazole rings is 1. The molecule has 0 saturated carbocycles. The lowest BCUT2D eigenvalue weighted by atomic mass is 10.1. The maximum atomic E-state index is 12.3. The average molecular weight is 632 g/mol. The number of hydrogen-bond acceptors (Lipinski definition) is 4. The maximum absolute atomic E-state index is 12.3. The standard InChI is InChI=1S/C33H46N2O3S.BrH/c1-3-4-5-6-7-8-9-10-11-12-13-14-23-37-31-19-21-32(22-20-31)38-26-33(36)34-30-17-15-29(16-18-30)25-35-24-28(2)39-27-35;/h15-22,24,27H,3-14,23,25-26H2,1-2H3;1H. The Morgan fingerprint density at radius 2 is 1.32 bits per heavy atom. The second-order valence-corrected chi connectivity index (χ2v) is 11.5. The minimum atomic E-state index is -0.183. The Morgan fingerprint density at radius 3 is 1.88 bits per heavy atom. The molecule has 1 heterocycles. The number of unbranched alkanes of at least 4 members (excludes halogenated alkanes) is 11. The van der Waals surface area contributed by atoms with Crippen LogP contribution in [0.25, 0.3) is 0 Å². The molecule has 0 fully saturated rings. The Labute approximate surface area is 256 Å². The molecule has 0 spiro atoms. The summed E-state index contributed by atoms with van der Waals surface area (Å²) in [6.45, 7) is 5.90. The van der Waals surface area contributed by atoms with Gasteiger partial charge in [-0.1, -0.05) is 101 Å². The van der Waals surface area contributed by atoms with Crippen LogP contribution in [-0.2, 0) is 11.3 Å². The molecule has 0 aliphatic heterocycles. The molecule has 0 aliphatic rings. The lowest BCUT2D eigenvalue weighted by molar-refractivity contribution is -0.683. The Balaban J connectivity index is 0.00000560. The summed E-state index contributed by atoms with van der Waals surface area (Å²) in [5, 5.41) is 2.89. The predicted molar refractivity (Wildman–Crippen MR) is 162 cm³/mol.